The fourth-order valence-corrected chi connectivity index (χ4v) is 5.44. The van der Waals surface area contributed by atoms with Crippen LogP contribution in [-0.4, -0.2) is 69.1 Å². The third-order valence-electron chi connectivity index (χ3n) is 5.08. The van der Waals surface area contributed by atoms with E-state index >= 15 is 0 Å². The molecular weight excluding hydrogens is 443 g/mol. The first-order valence-electron chi connectivity index (χ1n) is 9.68. The summed E-state index contributed by atoms with van der Waals surface area (Å²) in [5, 5.41) is 20.9. The average molecular weight is 466 g/mol. The number of ether oxygens (including phenoxy) is 1. The summed E-state index contributed by atoms with van der Waals surface area (Å²) in [6.45, 7) is 0. The molecule has 0 unspecified atom stereocenters. The Morgan fingerprint density at radius 3 is 2.58 bits per heavy atom. The van der Waals surface area contributed by atoms with E-state index in [0.29, 0.717) is 17.6 Å². The van der Waals surface area contributed by atoms with Crippen LogP contribution in [0.3, 0.4) is 0 Å². The molecule has 3 aromatic rings. The van der Waals surface area contributed by atoms with Crippen molar-refractivity contribution in [2.24, 2.45) is 0 Å². The van der Waals surface area contributed by atoms with Gasteiger partial charge >= 0.3 is 7.60 Å². The predicted molar refractivity (Wildman–Crippen MR) is 114 cm³/mol. The second-order valence-electron chi connectivity index (χ2n) is 7.34. The zero-order valence-corrected chi connectivity index (χ0v) is 18.1. The van der Waals surface area contributed by atoms with Crippen molar-refractivity contribution < 1.29 is 29.3 Å². The molecule has 4 rings (SSSR count). The van der Waals surface area contributed by atoms with Gasteiger partial charge in [-0.2, -0.15) is 0 Å². The van der Waals surface area contributed by atoms with Gasteiger partial charge in [0.1, 0.15) is 24.1 Å². The van der Waals surface area contributed by atoms with E-state index < -0.39 is 32.1 Å². The van der Waals surface area contributed by atoms with Crippen LogP contribution in [0.5, 0.6) is 0 Å². The SMILES string of the molecule is O=P(O)(O)CSC[C@H]1O[C@@H](n2cnc3c(CCc4ccccc4)ncnc32)[C@H](O)[C@@H]1O. The van der Waals surface area contributed by atoms with E-state index in [9.17, 15) is 14.8 Å². The largest absolute Gasteiger partial charge is 0.387 e. The Balaban J connectivity index is 1.50. The van der Waals surface area contributed by atoms with Gasteiger partial charge in [0.05, 0.1) is 23.6 Å². The summed E-state index contributed by atoms with van der Waals surface area (Å²) in [6.07, 6.45) is 0.249. The third-order valence-corrected chi connectivity index (χ3v) is 7.72. The van der Waals surface area contributed by atoms with Crippen molar-refractivity contribution in [1.29, 1.82) is 0 Å². The first-order chi connectivity index (χ1) is 14.8. The molecule has 1 fully saturated rings. The maximum absolute atomic E-state index is 11.0. The highest BCUT2D eigenvalue weighted by Gasteiger charge is 2.44. The third kappa shape index (κ3) is 5.15. The molecule has 3 heterocycles. The lowest BCUT2D eigenvalue weighted by Crippen LogP contribution is -2.32. The Morgan fingerprint density at radius 2 is 1.84 bits per heavy atom. The minimum absolute atomic E-state index is 0.129. The number of thioether (sulfide) groups is 1. The Labute approximate surface area is 182 Å². The molecular formula is C19H23N4O6PS. The van der Waals surface area contributed by atoms with Gasteiger partial charge in [0, 0.05) is 5.75 Å². The first-order valence-corrected chi connectivity index (χ1v) is 12.6. The average Bonchev–Trinajstić information content (AvgIpc) is 3.29. The molecule has 4 atom stereocenters. The highest BCUT2D eigenvalue weighted by Crippen LogP contribution is 2.40. The fraction of sp³-hybridized carbons (Fsp3) is 0.421. The monoisotopic (exact) mass is 466 g/mol. The van der Waals surface area contributed by atoms with Crippen molar-refractivity contribution in [3.63, 3.8) is 0 Å². The number of hydrogen-bond donors (Lipinski definition) is 4. The second kappa shape index (κ2) is 9.33. The molecule has 1 saturated heterocycles. The van der Waals surface area contributed by atoms with Crippen molar-refractivity contribution in [3.05, 3.63) is 54.2 Å². The van der Waals surface area contributed by atoms with E-state index in [1.807, 2.05) is 30.3 Å². The fourth-order valence-electron chi connectivity index (χ4n) is 3.56. The molecule has 0 aliphatic carbocycles. The van der Waals surface area contributed by atoms with Crippen LogP contribution in [0.4, 0.5) is 0 Å². The number of benzene rings is 1. The zero-order chi connectivity index (χ0) is 22.0. The summed E-state index contributed by atoms with van der Waals surface area (Å²) in [6, 6.07) is 10.0. The van der Waals surface area contributed by atoms with Crippen LogP contribution in [0, 0.1) is 0 Å². The number of imidazole rings is 1. The van der Waals surface area contributed by atoms with E-state index in [0.717, 1.165) is 23.9 Å². The van der Waals surface area contributed by atoms with Crippen molar-refractivity contribution in [1.82, 2.24) is 19.5 Å². The van der Waals surface area contributed by atoms with Crippen LogP contribution in [-0.2, 0) is 22.1 Å². The molecule has 0 saturated carbocycles. The predicted octanol–water partition coefficient (Wildman–Crippen LogP) is 1.10. The van der Waals surface area contributed by atoms with Gasteiger partial charge in [-0.15, -0.1) is 11.8 Å². The van der Waals surface area contributed by atoms with Crippen molar-refractivity contribution in [2.75, 3.05) is 11.2 Å². The summed E-state index contributed by atoms with van der Waals surface area (Å²) in [5.41, 5.74) is 2.66. The number of aromatic nitrogens is 4. The van der Waals surface area contributed by atoms with Crippen LogP contribution in [0.1, 0.15) is 17.5 Å². The number of nitrogens with zero attached hydrogens (tertiary/aromatic N) is 4. The topological polar surface area (TPSA) is 151 Å². The highest BCUT2D eigenvalue weighted by molar-refractivity contribution is 8.04. The quantitative estimate of drug-likeness (QED) is 0.355. The number of aryl methyl sites for hydroxylation is 2. The summed E-state index contributed by atoms with van der Waals surface area (Å²) in [5.74, 6) is 0.129. The maximum Gasteiger partial charge on any atom is 0.335 e. The standard InChI is InChI=1S/C19H23N4O6PS/c24-16-14(8-31-11-30(26,27)28)29-19(17(16)25)23-10-22-15-13(20-9-21-18(15)23)7-6-12-4-2-1-3-5-12/h1-5,9-10,14,16-17,19,24-25H,6-8,11H2,(H2,26,27,28)/t14-,16-,17-,19-/m1/s1. The molecule has 10 nitrogen and oxygen atoms in total. The molecule has 1 aliphatic rings. The van der Waals surface area contributed by atoms with E-state index in [4.69, 9.17) is 14.5 Å². The minimum Gasteiger partial charge on any atom is -0.387 e. The lowest BCUT2D eigenvalue weighted by Gasteiger charge is -2.16. The molecule has 0 radical (unpaired) electrons. The molecule has 0 spiro atoms. The zero-order valence-electron chi connectivity index (χ0n) is 16.4. The van der Waals surface area contributed by atoms with Crippen LogP contribution in [0.2, 0.25) is 0 Å². The Kier molecular flexibility index (Phi) is 6.73. The molecule has 1 aromatic carbocycles. The molecule has 0 bridgehead atoms. The van der Waals surface area contributed by atoms with Gasteiger partial charge in [0.25, 0.3) is 0 Å². The number of aliphatic hydroxyl groups is 2. The van der Waals surface area contributed by atoms with Crippen LogP contribution >= 0.6 is 19.4 Å². The van der Waals surface area contributed by atoms with Crippen molar-refractivity contribution >= 4 is 30.5 Å². The second-order valence-corrected chi connectivity index (χ2v) is 10.4. The van der Waals surface area contributed by atoms with E-state index in [2.05, 4.69) is 15.0 Å². The number of aliphatic hydroxyl groups excluding tert-OH is 2. The van der Waals surface area contributed by atoms with Crippen LogP contribution < -0.4 is 0 Å². The molecule has 166 valence electrons. The van der Waals surface area contributed by atoms with E-state index in [1.165, 1.54) is 18.2 Å². The number of rotatable bonds is 8. The lowest BCUT2D eigenvalue weighted by molar-refractivity contribution is -0.0288. The van der Waals surface area contributed by atoms with Gasteiger partial charge in [-0.05, 0) is 18.4 Å². The van der Waals surface area contributed by atoms with Gasteiger partial charge in [0.2, 0.25) is 0 Å². The summed E-state index contributed by atoms with van der Waals surface area (Å²) in [4.78, 5) is 31.0. The summed E-state index contributed by atoms with van der Waals surface area (Å²) < 4.78 is 18.4. The smallest absolute Gasteiger partial charge is 0.335 e. The van der Waals surface area contributed by atoms with E-state index in [-0.39, 0.29) is 11.2 Å². The molecule has 12 heteroatoms. The van der Waals surface area contributed by atoms with Crippen LogP contribution in [0.15, 0.2) is 43.0 Å². The van der Waals surface area contributed by atoms with Gasteiger partial charge in [-0.1, -0.05) is 30.3 Å². The molecule has 4 N–H and O–H groups in total. The van der Waals surface area contributed by atoms with Crippen molar-refractivity contribution in [3.8, 4) is 0 Å². The number of hydrogen-bond acceptors (Lipinski definition) is 8. The first kappa shape index (κ1) is 22.3. The minimum atomic E-state index is -4.16. The van der Waals surface area contributed by atoms with Gasteiger partial charge in [-0.3, -0.25) is 9.13 Å². The Bertz CT molecular complexity index is 1080. The highest BCUT2D eigenvalue weighted by atomic mass is 32.2. The van der Waals surface area contributed by atoms with E-state index in [1.54, 1.807) is 4.57 Å². The summed E-state index contributed by atoms with van der Waals surface area (Å²) in [7, 11) is -4.16. The molecule has 31 heavy (non-hydrogen) atoms. The molecule has 0 amide bonds. The Hall–Kier alpha value is -1.85. The maximum atomic E-state index is 11.0. The normalized spacial score (nSPS) is 24.1. The molecule has 2 aromatic heterocycles. The number of fused-ring (bicyclic) bond motifs is 1. The van der Waals surface area contributed by atoms with Crippen molar-refractivity contribution in [2.45, 2.75) is 37.4 Å². The van der Waals surface area contributed by atoms with Gasteiger partial charge in [0.15, 0.2) is 11.9 Å². The van der Waals surface area contributed by atoms with Crippen LogP contribution in [0.25, 0.3) is 11.2 Å². The Morgan fingerprint density at radius 1 is 1.06 bits per heavy atom. The molecule has 1 aliphatic heterocycles. The van der Waals surface area contributed by atoms with Gasteiger partial charge < -0.3 is 24.7 Å². The van der Waals surface area contributed by atoms with Gasteiger partial charge in [-0.25, -0.2) is 15.0 Å². The summed E-state index contributed by atoms with van der Waals surface area (Å²) >= 11 is 0.963. The lowest BCUT2D eigenvalue weighted by atomic mass is 10.1.